The summed E-state index contributed by atoms with van der Waals surface area (Å²) in [6.07, 6.45) is 1.73. The summed E-state index contributed by atoms with van der Waals surface area (Å²) in [5, 5.41) is 3.01. The van der Waals surface area contributed by atoms with Crippen molar-refractivity contribution in [2.75, 3.05) is 32.6 Å². The van der Waals surface area contributed by atoms with Crippen molar-refractivity contribution in [2.24, 2.45) is 5.92 Å². The number of methoxy groups -OCH3 is 2. The topological polar surface area (TPSA) is 50.8 Å². The molecule has 1 heterocycles. The van der Waals surface area contributed by atoms with Crippen LogP contribution in [0.25, 0.3) is 0 Å². The minimum atomic E-state index is 0.0430. The Labute approximate surface area is 154 Å². The molecule has 1 aliphatic rings. The fourth-order valence-electron chi connectivity index (χ4n) is 3.36. The van der Waals surface area contributed by atoms with Crippen LogP contribution in [0.2, 0.25) is 0 Å². The molecule has 5 heteroatoms. The number of nitrogens with one attached hydrogen (secondary N) is 1. The van der Waals surface area contributed by atoms with Crippen LogP contribution in [-0.4, -0.2) is 38.1 Å². The van der Waals surface area contributed by atoms with Gasteiger partial charge in [-0.15, -0.1) is 0 Å². The van der Waals surface area contributed by atoms with E-state index >= 15 is 0 Å². The summed E-state index contributed by atoms with van der Waals surface area (Å²) in [5.74, 6) is 1.70. The summed E-state index contributed by atoms with van der Waals surface area (Å²) in [6.45, 7) is 2.72. The predicted octanol–water partition coefficient (Wildman–Crippen LogP) is 3.55. The number of rotatable bonds is 6. The van der Waals surface area contributed by atoms with Crippen LogP contribution in [0, 0.1) is 5.92 Å². The van der Waals surface area contributed by atoms with E-state index in [1.807, 2.05) is 36.4 Å². The molecular weight excluding hydrogens is 328 g/mol. The van der Waals surface area contributed by atoms with Crippen molar-refractivity contribution in [1.82, 2.24) is 4.90 Å². The molecule has 2 aromatic carbocycles. The molecule has 0 bridgehead atoms. The van der Waals surface area contributed by atoms with Gasteiger partial charge in [-0.05, 0) is 55.8 Å². The van der Waals surface area contributed by atoms with Gasteiger partial charge in [-0.1, -0.05) is 24.3 Å². The molecule has 1 fully saturated rings. The fraction of sp³-hybridized carbons (Fsp3) is 0.381. The SMILES string of the molecule is COc1cccc(CN2CCC(C(=O)Nc3ccccc3OC)CC2)c1. The zero-order valence-electron chi connectivity index (χ0n) is 15.4. The number of para-hydroxylation sites is 2. The maximum atomic E-state index is 12.6. The fourth-order valence-corrected chi connectivity index (χ4v) is 3.36. The van der Waals surface area contributed by atoms with Gasteiger partial charge in [-0.3, -0.25) is 9.69 Å². The van der Waals surface area contributed by atoms with E-state index in [-0.39, 0.29) is 11.8 Å². The van der Waals surface area contributed by atoms with Crippen LogP contribution in [0.5, 0.6) is 11.5 Å². The third kappa shape index (κ3) is 4.55. The van der Waals surface area contributed by atoms with Crippen molar-refractivity contribution < 1.29 is 14.3 Å². The highest BCUT2D eigenvalue weighted by molar-refractivity contribution is 5.94. The molecule has 26 heavy (non-hydrogen) atoms. The molecule has 0 saturated carbocycles. The number of hydrogen-bond acceptors (Lipinski definition) is 4. The number of amides is 1. The second-order valence-corrected chi connectivity index (χ2v) is 6.59. The van der Waals surface area contributed by atoms with Gasteiger partial charge in [-0.2, -0.15) is 0 Å². The number of carbonyl (C=O) groups excluding carboxylic acids is 1. The Kier molecular flexibility index (Phi) is 6.12. The Balaban J connectivity index is 1.52. The Bertz CT molecular complexity index is 740. The highest BCUT2D eigenvalue weighted by Gasteiger charge is 2.25. The van der Waals surface area contributed by atoms with E-state index < -0.39 is 0 Å². The van der Waals surface area contributed by atoms with E-state index in [4.69, 9.17) is 9.47 Å². The van der Waals surface area contributed by atoms with Gasteiger partial charge in [-0.25, -0.2) is 0 Å². The summed E-state index contributed by atoms with van der Waals surface area (Å²) in [5.41, 5.74) is 1.97. The molecule has 1 saturated heterocycles. The molecule has 0 atom stereocenters. The van der Waals surface area contributed by atoms with E-state index in [0.29, 0.717) is 5.75 Å². The maximum Gasteiger partial charge on any atom is 0.227 e. The molecule has 1 aliphatic heterocycles. The Morgan fingerprint density at radius 2 is 1.85 bits per heavy atom. The maximum absolute atomic E-state index is 12.6. The van der Waals surface area contributed by atoms with Crippen molar-refractivity contribution >= 4 is 11.6 Å². The summed E-state index contributed by atoms with van der Waals surface area (Å²) >= 11 is 0. The lowest BCUT2D eigenvalue weighted by molar-refractivity contribution is -0.121. The lowest BCUT2D eigenvalue weighted by Crippen LogP contribution is -2.37. The zero-order valence-corrected chi connectivity index (χ0v) is 15.4. The van der Waals surface area contributed by atoms with Crippen molar-refractivity contribution in [2.45, 2.75) is 19.4 Å². The van der Waals surface area contributed by atoms with Gasteiger partial charge in [0.25, 0.3) is 0 Å². The monoisotopic (exact) mass is 354 g/mol. The normalized spacial score (nSPS) is 15.5. The van der Waals surface area contributed by atoms with Crippen LogP contribution >= 0.6 is 0 Å². The molecule has 0 unspecified atom stereocenters. The minimum absolute atomic E-state index is 0.0430. The second-order valence-electron chi connectivity index (χ2n) is 6.59. The Morgan fingerprint density at radius 1 is 1.08 bits per heavy atom. The van der Waals surface area contributed by atoms with Crippen LogP contribution in [0.15, 0.2) is 48.5 Å². The summed E-state index contributed by atoms with van der Waals surface area (Å²) in [6, 6.07) is 15.7. The summed E-state index contributed by atoms with van der Waals surface area (Å²) < 4.78 is 10.6. The first-order valence-electron chi connectivity index (χ1n) is 8.98. The first-order valence-corrected chi connectivity index (χ1v) is 8.98. The lowest BCUT2D eigenvalue weighted by atomic mass is 9.95. The van der Waals surface area contributed by atoms with Gasteiger partial charge >= 0.3 is 0 Å². The van der Waals surface area contributed by atoms with Gasteiger partial charge in [0.15, 0.2) is 0 Å². The highest BCUT2D eigenvalue weighted by atomic mass is 16.5. The average Bonchev–Trinajstić information content (AvgIpc) is 2.69. The third-order valence-electron chi connectivity index (χ3n) is 4.86. The van der Waals surface area contributed by atoms with Gasteiger partial charge < -0.3 is 14.8 Å². The number of benzene rings is 2. The molecule has 0 spiro atoms. The molecule has 3 rings (SSSR count). The first-order chi connectivity index (χ1) is 12.7. The van der Waals surface area contributed by atoms with Gasteiger partial charge in [0.05, 0.1) is 19.9 Å². The third-order valence-corrected chi connectivity index (χ3v) is 4.86. The predicted molar refractivity (Wildman–Crippen MR) is 103 cm³/mol. The second kappa shape index (κ2) is 8.72. The minimum Gasteiger partial charge on any atom is -0.497 e. The van der Waals surface area contributed by atoms with E-state index in [0.717, 1.165) is 43.9 Å². The van der Waals surface area contributed by atoms with E-state index in [9.17, 15) is 4.79 Å². The average molecular weight is 354 g/mol. The number of ether oxygens (including phenoxy) is 2. The number of nitrogens with zero attached hydrogens (tertiary/aromatic N) is 1. The smallest absolute Gasteiger partial charge is 0.227 e. The van der Waals surface area contributed by atoms with Gasteiger partial charge in [0.1, 0.15) is 11.5 Å². The van der Waals surface area contributed by atoms with Crippen LogP contribution in [0.4, 0.5) is 5.69 Å². The molecule has 138 valence electrons. The lowest BCUT2D eigenvalue weighted by Gasteiger charge is -2.31. The largest absolute Gasteiger partial charge is 0.497 e. The molecule has 2 aromatic rings. The molecular formula is C21H26N2O3. The number of anilines is 1. The summed E-state index contributed by atoms with van der Waals surface area (Å²) in [4.78, 5) is 15.0. The number of likely N-dealkylation sites (tertiary alicyclic amines) is 1. The number of hydrogen-bond donors (Lipinski definition) is 1. The molecule has 0 aliphatic carbocycles. The van der Waals surface area contributed by atoms with Gasteiger partial charge in [0, 0.05) is 12.5 Å². The van der Waals surface area contributed by atoms with Crippen LogP contribution < -0.4 is 14.8 Å². The standard InChI is InChI=1S/C21H26N2O3/c1-25-18-7-5-6-16(14-18)15-23-12-10-17(11-13-23)21(24)22-19-8-3-4-9-20(19)26-2/h3-9,14,17H,10-13,15H2,1-2H3,(H,22,24). The molecule has 1 N–H and O–H groups in total. The highest BCUT2D eigenvalue weighted by Crippen LogP contribution is 2.26. The Hall–Kier alpha value is -2.53. The van der Waals surface area contributed by atoms with E-state index in [2.05, 4.69) is 22.3 Å². The molecule has 0 radical (unpaired) electrons. The van der Waals surface area contributed by atoms with E-state index in [1.54, 1.807) is 14.2 Å². The number of carbonyl (C=O) groups is 1. The first kappa shape index (κ1) is 18.3. The summed E-state index contributed by atoms with van der Waals surface area (Å²) in [7, 11) is 3.30. The van der Waals surface area contributed by atoms with Crippen molar-refractivity contribution in [1.29, 1.82) is 0 Å². The quantitative estimate of drug-likeness (QED) is 0.862. The van der Waals surface area contributed by atoms with Crippen molar-refractivity contribution in [3.05, 3.63) is 54.1 Å². The van der Waals surface area contributed by atoms with Gasteiger partial charge in [0.2, 0.25) is 5.91 Å². The van der Waals surface area contributed by atoms with Crippen molar-refractivity contribution in [3.63, 3.8) is 0 Å². The van der Waals surface area contributed by atoms with E-state index in [1.165, 1.54) is 5.56 Å². The van der Waals surface area contributed by atoms with Crippen LogP contribution in [-0.2, 0) is 11.3 Å². The molecule has 1 amide bonds. The molecule has 5 nitrogen and oxygen atoms in total. The molecule has 0 aromatic heterocycles. The van der Waals surface area contributed by atoms with Crippen LogP contribution in [0.1, 0.15) is 18.4 Å². The Morgan fingerprint density at radius 3 is 2.58 bits per heavy atom. The van der Waals surface area contributed by atoms with Crippen LogP contribution in [0.3, 0.4) is 0 Å². The zero-order chi connectivity index (χ0) is 18.4. The number of piperidine rings is 1. The van der Waals surface area contributed by atoms with Crippen molar-refractivity contribution in [3.8, 4) is 11.5 Å².